The molecule has 1 unspecified atom stereocenters. The Morgan fingerprint density at radius 2 is 2.24 bits per heavy atom. The van der Waals surface area contributed by atoms with Crippen molar-refractivity contribution in [3.05, 3.63) is 0 Å². The summed E-state index contributed by atoms with van der Waals surface area (Å²) in [4.78, 5) is 28.7. The van der Waals surface area contributed by atoms with Crippen molar-refractivity contribution in [2.45, 2.75) is 51.2 Å². The molecule has 6 heteroatoms. The molecule has 2 rings (SSSR count). The Morgan fingerprint density at radius 3 is 2.76 bits per heavy atom. The van der Waals surface area contributed by atoms with Crippen molar-refractivity contribution in [2.24, 2.45) is 10.7 Å². The normalized spacial score (nSPS) is 24.2. The third kappa shape index (κ3) is 2.57. The fraction of sp³-hybridized carbons (Fsp3) is 0.727. The average Bonchev–Trinajstić information content (AvgIpc) is 2.95. The van der Waals surface area contributed by atoms with Gasteiger partial charge in [0.25, 0.3) is 0 Å². The lowest BCUT2D eigenvalue weighted by atomic mass is 10.1. The maximum Gasteiger partial charge on any atom is 0.346 e. The van der Waals surface area contributed by atoms with Crippen LogP contribution in [0, 0.1) is 0 Å². The highest BCUT2D eigenvalue weighted by Crippen LogP contribution is 2.32. The van der Waals surface area contributed by atoms with E-state index in [9.17, 15) is 9.59 Å². The van der Waals surface area contributed by atoms with Crippen LogP contribution in [0.2, 0.25) is 0 Å². The summed E-state index contributed by atoms with van der Waals surface area (Å²) in [5.74, 6) is 0.171. The van der Waals surface area contributed by atoms with Crippen molar-refractivity contribution in [2.75, 3.05) is 0 Å². The van der Waals surface area contributed by atoms with Gasteiger partial charge in [0.15, 0.2) is 0 Å². The van der Waals surface area contributed by atoms with Gasteiger partial charge in [0.1, 0.15) is 11.9 Å². The van der Waals surface area contributed by atoms with Gasteiger partial charge in [-0.2, -0.15) is 4.99 Å². The summed E-state index contributed by atoms with van der Waals surface area (Å²) in [6, 6.07) is -0.336. The zero-order valence-corrected chi connectivity index (χ0v) is 10.1. The van der Waals surface area contributed by atoms with Gasteiger partial charge >= 0.3 is 6.03 Å². The van der Waals surface area contributed by atoms with Gasteiger partial charge in [-0.15, -0.1) is 0 Å². The van der Waals surface area contributed by atoms with Crippen molar-refractivity contribution in [1.82, 2.24) is 10.2 Å². The number of amidine groups is 1. The van der Waals surface area contributed by atoms with E-state index in [2.05, 4.69) is 10.3 Å². The van der Waals surface area contributed by atoms with E-state index in [1.807, 2.05) is 13.8 Å². The summed E-state index contributed by atoms with van der Waals surface area (Å²) in [5, 5.41) is 2.80. The Kier molecular flexibility index (Phi) is 3.04. The Bertz CT molecular complexity index is 374. The van der Waals surface area contributed by atoms with E-state index < -0.39 is 0 Å². The average molecular weight is 238 g/mol. The van der Waals surface area contributed by atoms with Crippen molar-refractivity contribution in [3.8, 4) is 0 Å². The first-order valence-electron chi connectivity index (χ1n) is 5.94. The quantitative estimate of drug-likeness (QED) is 0.734. The number of hydrogen-bond acceptors (Lipinski definition) is 3. The molecule has 0 aromatic rings. The SMILES string of the molecule is CC(C)NC(=O)CC1C(N)=NC(=O)N1C1CC1. The number of amides is 3. The first-order valence-corrected chi connectivity index (χ1v) is 5.94. The number of nitrogens with zero attached hydrogens (tertiary/aromatic N) is 2. The highest BCUT2D eigenvalue weighted by Gasteiger charge is 2.43. The Morgan fingerprint density at radius 1 is 1.59 bits per heavy atom. The number of hydrogen-bond donors (Lipinski definition) is 2. The van der Waals surface area contributed by atoms with Gasteiger partial charge in [0.05, 0.1) is 6.42 Å². The van der Waals surface area contributed by atoms with E-state index in [-0.39, 0.29) is 42.3 Å². The summed E-state index contributed by atoms with van der Waals surface area (Å²) in [7, 11) is 0. The summed E-state index contributed by atoms with van der Waals surface area (Å²) < 4.78 is 0. The smallest absolute Gasteiger partial charge is 0.346 e. The van der Waals surface area contributed by atoms with Crippen LogP contribution in [0.15, 0.2) is 4.99 Å². The fourth-order valence-corrected chi connectivity index (χ4v) is 2.04. The second kappa shape index (κ2) is 4.35. The maximum absolute atomic E-state index is 11.7. The van der Waals surface area contributed by atoms with Crippen molar-refractivity contribution in [3.63, 3.8) is 0 Å². The first kappa shape index (κ1) is 11.9. The molecule has 3 amide bonds. The van der Waals surface area contributed by atoms with Crippen LogP contribution in [0.4, 0.5) is 4.79 Å². The van der Waals surface area contributed by atoms with E-state index in [4.69, 9.17) is 5.73 Å². The van der Waals surface area contributed by atoms with Crippen LogP contribution in [0.25, 0.3) is 0 Å². The molecule has 17 heavy (non-hydrogen) atoms. The summed E-state index contributed by atoms with van der Waals surface area (Å²) >= 11 is 0. The number of nitrogens with one attached hydrogen (secondary N) is 1. The monoisotopic (exact) mass is 238 g/mol. The molecule has 1 atom stereocenters. The van der Waals surface area contributed by atoms with Gasteiger partial charge in [0.2, 0.25) is 5.91 Å². The number of carbonyl (C=O) groups excluding carboxylic acids is 2. The molecular formula is C11H18N4O2. The molecule has 1 saturated carbocycles. The lowest BCUT2D eigenvalue weighted by Crippen LogP contribution is -2.45. The molecule has 1 heterocycles. The minimum Gasteiger partial charge on any atom is -0.385 e. The van der Waals surface area contributed by atoms with E-state index >= 15 is 0 Å². The van der Waals surface area contributed by atoms with Gasteiger partial charge < -0.3 is 16.0 Å². The molecule has 2 aliphatic rings. The second-order valence-electron chi connectivity index (χ2n) is 4.90. The molecule has 6 nitrogen and oxygen atoms in total. The van der Waals surface area contributed by atoms with E-state index in [1.54, 1.807) is 4.90 Å². The van der Waals surface area contributed by atoms with E-state index in [0.717, 1.165) is 12.8 Å². The minimum absolute atomic E-state index is 0.0899. The molecule has 3 N–H and O–H groups in total. The van der Waals surface area contributed by atoms with Crippen LogP contribution in [0.3, 0.4) is 0 Å². The molecule has 0 radical (unpaired) electrons. The standard InChI is InChI=1S/C11H18N4O2/c1-6(2)13-9(16)5-8-10(12)14-11(17)15(8)7-3-4-7/h6-8H,3-5H2,1-2H3,(H,13,16)(H2,12,14,17). The van der Waals surface area contributed by atoms with Crippen LogP contribution < -0.4 is 11.1 Å². The molecular weight excluding hydrogens is 220 g/mol. The van der Waals surface area contributed by atoms with Gasteiger partial charge in [0, 0.05) is 12.1 Å². The van der Waals surface area contributed by atoms with Crippen LogP contribution in [-0.2, 0) is 4.79 Å². The molecule has 0 aromatic heterocycles. The molecule has 0 aromatic carbocycles. The molecule has 0 bridgehead atoms. The number of rotatable bonds is 4. The number of aliphatic imine (C=N–C) groups is 1. The lowest BCUT2D eigenvalue weighted by molar-refractivity contribution is -0.122. The summed E-state index contributed by atoms with van der Waals surface area (Å²) in [6.45, 7) is 3.79. The highest BCUT2D eigenvalue weighted by molar-refractivity contribution is 6.04. The second-order valence-corrected chi connectivity index (χ2v) is 4.90. The van der Waals surface area contributed by atoms with Crippen molar-refractivity contribution < 1.29 is 9.59 Å². The first-order chi connectivity index (χ1) is 7.99. The maximum atomic E-state index is 11.7. The summed E-state index contributed by atoms with van der Waals surface area (Å²) in [5.41, 5.74) is 5.71. The Balaban J connectivity index is 2.00. The van der Waals surface area contributed by atoms with Crippen molar-refractivity contribution >= 4 is 17.8 Å². The van der Waals surface area contributed by atoms with Crippen molar-refractivity contribution in [1.29, 1.82) is 0 Å². The topological polar surface area (TPSA) is 87.8 Å². The van der Waals surface area contributed by atoms with Crippen LogP contribution in [0.1, 0.15) is 33.1 Å². The molecule has 94 valence electrons. The van der Waals surface area contributed by atoms with Gasteiger partial charge in [-0.3, -0.25) is 4.79 Å². The lowest BCUT2D eigenvalue weighted by Gasteiger charge is -2.23. The molecule has 0 spiro atoms. The van der Waals surface area contributed by atoms with Crippen LogP contribution in [0.5, 0.6) is 0 Å². The molecule has 1 aliphatic heterocycles. The number of urea groups is 1. The third-order valence-electron chi connectivity index (χ3n) is 2.89. The number of carbonyl (C=O) groups is 2. The Hall–Kier alpha value is -1.59. The van der Waals surface area contributed by atoms with Gasteiger partial charge in [-0.1, -0.05) is 0 Å². The molecule has 1 aliphatic carbocycles. The highest BCUT2D eigenvalue weighted by atomic mass is 16.2. The van der Waals surface area contributed by atoms with E-state index in [1.165, 1.54) is 0 Å². The predicted octanol–water partition coefficient (Wildman–Crippen LogP) is 0.225. The van der Waals surface area contributed by atoms with E-state index in [0.29, 0.717) is 0 Å². The molecule has 1 fully saturated rings. The third-order valence-corrected chi connectivity index (χ3v) is 2.89. The zero-order valence-electron chi connectivity index (χ0n) is 10.1. The van der Waals surface area contributed by atoms with Crippen LogP contribution in [-0.4, -0.2) is 40.8 Å². The van der Waals surface area contributed by atoms with Crippen LogP contribution >= 0.6 is 0 Å². The minimum atomic E-state index is -0.353. The zero-order chi connectivity index (χ0) is 12.6. The van der Waals surface area contributed by atoms with Gasteiger partial charge in [-0.25, -0.2) is 4.79 Å². The predicted molar refractivity (Wildman–Crippen MR) is 63.6 cm³/mol. The summed E-state index contributed by atoms with van der Waals surface area (Å²) in [6.07, 6.45) is 2.17. The fourth-order valence-electron chi connectivity index (χ4n) is 2.04. The van der Waals surface area contributed by atoms with Gasteiger partial charge in [-0.05, 0) is 26.7 Å². The largest absolute Gasteiger partial charge is 0.385 e. The number of nitrogens with two attached hydrogens (primary N) is 1. The molecule has 0 saturated heterocycles. The Labute approximate surface area is 100 Å².